The fourth-order valence-electron chi connectivity index (χ4n) is 1.43. The highest BCUT2D eigenvalue weighted by atomic mass is 35.5. The van der Waals surface area contributed by atoms with Gasteiger partial charge in [-0.2, -0.15) is 4.39 Å². The minimum Gasteiger partial charge on any atom is -0.493 e. The van der Waals surface area contributed by atoms with E-state index in [0.717, 1.165) is 25.0 Å². The topological polar surface area (TPSA) is 52.4 Å². The van der Waals surface area contributed by atoms with Gasteiger partial charge in [0.2, 0.25) is 5.82 Å². The molecule has 0 aliphatic carbocycles. The Morgan fingerprint density at radius 2 is 2.22 bits per heavy atom. The molecule has 0 spiro atoms. The van der Waals surface area contributed by atoms with E-state index in [9.17, 15) is 14.5 Å². The number of halogens is 2. The summed E-state index contributed by atoms with van der Waals surface area (Å²) in [5.74, 6) is 0.459. The normalized spacial score (nSPS) is 12.2. The van der Waals surface area contributed by atoms with E-state index in [1.54, 1.807) is 0 Å². The fourth-order valence-corrected chi connectivity index (χ4v) is 1.81. The molecule has 0 heterocycles. The van der Waals surface area contributed by atoms with Crippen LogP contribution in [-0.4, -0.2) is 17.4 Å². The predicted molar refractivity (Wildman–Crippen MR) is 67.7 cm³/mol. The summed E-state index contributed by atoms with van der Waals surface area (Å²) in [6, 6.07) is 3.53. The molecule has 0 N–H and O–H groups in total. The number of benzene rings is 1. The number of ether oxygens (including phenoxy) is 1. The van der Waals surface area contributed by atoms with Crippen molar-refractivity contribution in [3.05, 3.63) is 34.1 Å². The van der Waals surface area contributed by atoms with Crippen LogP contribution in [-0.2, 0) is 0 Å². The molecule has 0 aliphatic heterocycles. The van der Waals surface area contributed by atoms with Gasteiger partial charge in [0.1, 0.15) is 5.75 Å². The van der Waals surface area contributed by atoms with Crippen molar-refractivity contribution in [3.63, 3.8) is 0 Å². The standard InChI is InChI=1S/C12H15ClFNO3/c1-9(4-6-13)5-7-18-10-2-3-12(15(16)17)11(14)8-10/h2-3,8-9H,4-7H2,1H3. The average molecular weight is 276 g/mol. The van der Waals surface area contributed by atoms with Crippen molar-refractivity contribution in [3.8, 4) is 5.75 Å². The number of hydrogen-bond acceptors (Lipinski definition) is 3. The first-order valence-electron chi connectivity index (χ1n) is 5.67. The molecule has 18 heavy (non-hydrogen) atoms. The molecule has 4 nitrogen and oxygen atoms in total. The Hall–Kier alpha value is -1.36. The van der Waals surface area contributed by atoms with Crippen LogP contribution in [0.15, 0.2) is 18.2 Å². The second-order valence-electron chi connectivity index (χ2n) is 4.09. The lowest BCUT2D eigenvalue weighted by Gasteiger charge is -2.10. The Kier molecular flexibility index (Phi) is 5.85. The summed E-state index contributed by atoms with van der Waals surface area (Å²) < 4.78 is 18.6. The van der Waals surface area contributed by atoms with E-state index in [1.807, 2.05) is 0 Å². The molecular formula is C12H15ClFNO3. The van der Waals surface area contributed by atoms with Gasteiger partial charge in [-0.3, -0.25) is 10.1 Å². The summed E-state index contributed by atoms with van der Waals surface area (Å²) >= 11 is 5.61. The average Bonchev–Trinajstić information content (AvgIpc) is 2.29. The molecule has 0 amide bonds. The maximum atomic E-state index is 13.3. The minimum atomic E-state index is -0.883. The lowest BCUT2D eigenvalue weighted by molar-refractivity contribution is -0.387. The maximum absolute atomic E-state index is 13.3. The lowest BCUT2D eigenvalue weighted by Crippen LogP contribution is -2.05. The molecule has 0 radical (unpaired) electrons. The van der Waals surface area contributed by atoms with Crippen LogP contribution in [0.1, 0.15) is 19.8 Å². The molecule has 1 atom stereocenters. The summed E-state index contributed by atoms with van der Waals surface area (Å²) in [4.78, 5) is 9.66. The zero-order valence-corrected chi connectivity index (χ0v) is 10.8. The molecule has 0 saturated carbocycles. The van der Waals surface area contributed by atoms with Crippen LogP contribution < -0.4 is 4.74 Å². The summed E-state index contributed by atoms with van der Waals surface area (Å²) in [6.07, 6.45) is 1.71. The van der Waals surface area contributed by atoms with Crippen molar-refractivity contribution in [2.45, 2.75) is 19.8 Å². The van der Waals surface area contributed by atoms with E-state index >= 15 is 0 Å². The largest absolute Gasteiger partial charge is 0.493 e. The third-order valence-electron chi connectivity index (χ3n) is 2.60. The third-order valence-corrected chi connectivity index (χ3v) is 2.82. The smallest absolute Gasteiger partial charge is 0.305 e. The van der Waals surface area contributed by atoms with Crippen LogP contribution >= 0.6 is 11.6 Å². The summed E-state index contributed by atoms with van der Waals surface area (Å²) in [5, 5.41) is 10.4. The Labute approximate surface area is 110 Å². The predicted octanol–water partition coefficient (Wildman–Crippen LogP) is 3.77. The summed E-state index contributed by atoms with van der Waals surface area (Å²) in [7, 11) is 0. The second kappa shape index (κ2) is 7.16. The van der Waals surface area contributed by atoms with Crippen LogP contribution in [0, 0.1) is 21.8 Å². The van der Waals surface area contributed by atoms with Gasteiger partial charge in [-0.05, 0) is 24.8 Å². The van der Waals surface area contributed by atoms with Gasteiger partial charge in [0.05, 0.1) is 11.5 Å². The van der Waals surface area contributed by atoms with Crippen LogP contribution in [0.4, 0.5) is 10.1 Å². The zero-order valence-electron chi connectivity index (χ0n) is 10.1. The van der Waals surface area contributed by atoms with Gasteiger partial charge in [0.15, 0.2) is 0 Å². The molecule has 1 unspecified atom stereocenters. The fraction of sp³-hybridized carbons (Fsp3) is 0.500. The molecule has 1 rings (SSSR count). The first kappa shape index (κ1) is 14.7. The first-order chi connectivity index (χ1) is 8.54. The van der Waals surface area contributed by atoms with Crippen molar-refractivity contribution in [2.24, 2.45) is 5.92 Å². The van der Waals surface area contributed by atoms with Crippen LogP contribution in [0.2, 0.25) is 0 Å². The number of rotatable bonds is 7. The monoisotopic (exact) mass is 275 g/mol. The van der Waals surface area contributed by atoms with E-state index in [2.05, 4.69) is 6.92 Å². The van der Waals surface area contributed by atoms with Gasteiger partial charge < -0.3 is 4.74 Å². The Balaban J connectivity index is 2.49. The first-order valence-corrected chi connectivity index (χ1v) is 6.20. The molecule has 0 aliphatic rings. The van der Waals surface area contributed by atoms with Gasteiger partial charge in [-0.25, -0.2) is 0 Å². The van der Waals surface area contributed by atoms with Crippen LogP contribution in [0.25, 0.3) is 0 Å². The number of hydrogen-bond donors (Lipinski definition) is 0. The Morgan fingerprint density at radius 1 is 1.50 bits per heavy atom. The zero-order chi connectivity index (χ0) is 13.5. The maximum Gasteiger partial charge on any atom is 0.305 e. The van der Waals surface area contributed by atoms with Crippen molar-refractivity contribution in [1.29, 1.82) is 0 Å². The minimum absolute atomic E-state index is 0.302. The molecule has 0 aromatic heterocycles. The third kappa shape index (κ3) is 4.49. The van der Waals surface area contributed by atoms with E-state index in [1.165, 1.54) is 6.07 Å². The molecule has 1 aromatic rings. The van der Waals surface area contributed by atoms with E-state index in [0.29, 0.717) is 24.2 Å². The molecule has 0 saturated heterocycles. The summed E-state index contributed by atoms with van der Waals surface area (Å²) in [5.41, 5.74) is -0.544. The Morgan fingerprint density at radius 3 is 2.78 bits per heavy atom. The number of nitro groups is 1. The van der Waals surface area contributed by atoms with Crippen LogP contribution in [0.5, 0.6) is 5.75 Å². The Bertz CT molecular complexity index is 414. The number of nitrogens with zero attached hydrogens (tertiary/aromatic N) is 1. The van der Waals surface area contributed by atoms with Crippen molar-refractivity contribution in [2.75, 3.05) is 12.5 Å². The molecule has 0 bridgehead atoms. The number of alkyl halides is 1. The molecule has 100 valence electrons. The highest BCUT2D eigenvalue weighted by Crippen LogP contribution is 2.22. The highest BCUT2D eigenvalue weighted by molar-refractivity contribution is 6.17. The quantitative estimate of drug-likeness (QED) is 0.432. The van der Waals surface area contributed by atoms with E-state index in [-0.39, 0.29) is 0 Å². The van der Waals surface area contributed by atoms with Gasteiger partial charge in [0, 0.05) is 18.0 Å². The lowest BCUT2D eigenvalue weighted by atomic mass is 10.1. The van der Waals surface area contributed by atoms with E-state index in [4.69, 9.17) is 16.3 Å². The van der Waals surface area contributed by atoms with E-state index < -0.39 is 16.4 Å². The SMILES string of the molecule is CC(CCCl)CCOc1ccc([N+](=O)[O-])c(F)c1. The van der Waals surface area contributed by atoms with Crippen molar-refractivity contribution in [1.82, 2.24) is 0 Å². The van der Waals surface area contributed by atoms with Gasteiger partial charge in [-0.15, -0.1) is 11.6 Å². The van der Waals surface area contributed by atoms with Gasteiger partial charge in [0.25, 0.3) is 0 Å². The second-order valence-corrected chi connectivity index (χ2v) is 4.47. The summed E-state index contributed by atoms with van der Waals surface area (Å²) in [6.45, 7) is 2.50. The number of nitro benzene ring substituents is 1. The van der Waals surface area contributed by atoms with Crippen molar-refractivity contribution >= 4 is 17.3 Å². The molecule has 6 heteroatoms. The highest BCUT2D eigenvalue weighted by Gasteiger charge is 2.14. The van der Waals surface area contributed by atoms with Gasteiger partial charge >= 0.3 is 5.69 Å². The van der Waals surface area contributed by atoms with Crippen LogP contribution in [0.3, 0.4) is 0 Å². The molecular weight excluding hydrogens is 261 g/mol. The van der Waals surface area contributed by atoms with Gasteiger partial charge in [-0.1, -0.05) is 6.92 Å². The van der Waals surface area contributed by atoms with Crippen molar-refractivity contribution < 1.29 is 14.1 Å². The molecule has 1 aromatic carbocycles. The molecule has 0 fully saturated rings.